The van der Waals surface area contributed by atoms with Crippen LogP contribution in [0.15, 0.2) is 66.7 Å². The molecule has 0 bridgehead atoms. The zero-order valence-corrected chi connectivity index (χ0v) is 19.7. The fourth-order valence-electron chi connectivity index (χ4n) is 3.72. The van der Waals surface area contributed by atoms with E-state index in [1.807, 2.05) is 25.1 Å². The zero-order chi connectivity index (χ0) is 21.7. The number of benzene rings is 3. The smallest absolute Gasteiger partial charge is 0.123 e. The van der Waals surface area contributed by atoms with Crippen molar-refractivity contribution in [3.63, 3.8) is 0 Å². The molecule has 158 valence electrons. The molecule has 0 heterocycles. The van der Waals surface area contributed by atoms with Gasteiger partial charge in [0.1, 0.15) is 12.4 Å². The number of aliphatic hydroxyl groups is 1. The molecule has 0 aliphatic heterocycles. The van der Waals surface area contributed by atoms with Crippen LogP contribution in [0, 0.1) is 13.8 Å². The Morgan fingerprint density at radius 3 is 2.30 bits per heavy atom. The highest BCUT2D eigenvalue weighted by Crippen LogP contribution is 2.48. The monoisotopic (exact) mass is 420 g/mol. The molecule has 0 radical (unpaired) electrons. The second-order valence-electron chi connectivity index (χ2n) is 8.35. The highest BCUT2D eigenvalue weighted by atomic mass is 31.1. The van der Waals surface area contributed by atoms with Gasteiger partial charge in [-0.3, -0.25) is 0 Å². The van der Waals surface area contributed by atoms with Crippen molar-refractivity contribution in [2.45, 2.75) is 58.9 Å². The van der Waals surface area contributed by atoms with Crippen molar-refractivity contribution in [1.82, 2.24) is 0 Å². The molecule has 0 spiro atoms. The molecule has 3 aromatic carbocycles. The van der Waals surface area contributed by atoms with Gasteiger partial charge < -0.3 is 9.84 Å². The third kappa shape index (κ3) is 5.31. The van der Waals surface area contributed by atoms with Crippen LogP contribution < -0.4 is 10.0 Å². The lowest BCUT2D eigenvalue weighted by atomic mass is 9.94. The summed E-state index contributed by atoms with van der Waals surface area (Å²) in [4.78, 5) is 0. The summed E-state index contributed by atoms with van der Waals surface area (Å²) in [5.74, 6) is 0.951. The largest absolute Gasteiger partial charge is 0.489 e. The minimum absolute atomic E-state index is 0.0725. The fraction of sp³-hybridized carbons (Fsp3) is 0.333. The van der Waals surface area contributed by atoms with Crippen molar-refractivity contribution in [2.24, 2.45) is 0 Å². The molecule has 0 aliphatic rings. The van der Waals surface area contributed by atoms with Gasteiger partial charge in [0, 0.05) is 10.7 Å². The Labute approximate surface area is 183 Å². The Morgan fingerprint density at radius 1 is 0.967 bits per heavy atom. The van der Waals surface area contributed by atoms with Gasteiger partial charge in [-0.15, -0.1) is 0 Å². The number of rotatable bonds is 8. The lowest BCUT2D eigenvalue weighted by molar-refractivity contribution is 0.200. The molecule has 0 aromatic heterocycles. The third-order valence-corrected chi connectivity index (χ3v) is 7.64. The molecule has 2 nitrogen and oxygen atoms in total. The van der Waals surface area contributed by atoms with E-state index >= 15 is 0 Å². The van der Waals surface area contributed by atoms with E-state index in [1.54, 1.807) is 0 Å². The second kappa shape index (κ2) is 9.77. The summed E-state index contributed by atoms with van der Waals surface area (Å²) in [6, 6.07) is 23.2. The average molecular weight is 421 g/mol. The molecule has 3 heteroatoms. The van der Waals surface area contributed by atoms with Gasteiger partial charge in [-0.2, -0.15) is 0 Å². The average Bonchev–Trinajstić information content (AvgIpc) is 2.74. The number of hydrogen-bond acceptors (Lipinski definition) is 2. The predicted molar refractivity (Wildman–Crippen MR) is 129 cm³/mol. The van der Waals surface area contributed by atoms with Gasteiger partial charge in [0.05, 0.1) is 6.10 Å². The van der Waals surface area contributed by atoms with Crippen molar-refractivity contribution in [3.8, 4) is 5.75 Å². The van der Waals surface area contributed by atoms with E-state index in [2.05, 4.69) is 76.2 Å². The summed E-state index contributed by atoms with van der Waals surface area (Å²) >= 11 is 0. The first-order valence-electron chi connectivity index (χ1n) is 10.7. The van der Waals surface area contributed by atoms with E-state index in [1.165, 1.54) is 27.6 Å². The Morgan fingerprint density at radius 2 is 1.63 bits per heavy atom. The van der Waals surface area contributed by atoms with Gasteiger partial charge in [-0.25, -0.2) is 0 Å². The summed E-state index contributed by atoms with van der Waals surface area (Å²) in [5.41, 5.74) is 5.87. The lowest BCUT2D eigenvalue weighted by Crippen LogP contribution is -2.22. The zero-order valence-electron chi connectivity index (χ0n) is 18.7. The Kier molecular flexibility index (Phi) is 7.34. The van der Waals surface area contributed by atoms with E-state index in [9.17, 15) is 5.11 Å². The van der Waals surface area contributed by atoms with Gasteiger partial charge >= 0.3 is 0 Å². The maximum atomic E-state index is 10.4. The first-order chi connectivity index (χ1) is 14.3. The topological polar surface area (TPSA) is 29.5 Å². The van der Waals surface area contributed by atoms with Crippen LogP contribution in [0.1, 0.15) is 61.1 Å². The van der Waals surface area contributed by atoms with Crippen LogP contribution >= 0.6 is 8.58 Å². The molecule has 0 aliphatic carbocycles. The summed E-state index contributed by atoms with van der Waals surface area (Å²) in [6.07, 6.45) is 0.517. The first kappa shape index (κ1) is 22.5. The van der Waals surface area contributed by atoms with E-state index < -0.39 is 6.10 Å². The standard InChI is InChI=1S/C27H33O2P/c1-6-27(5,30-26-15-13-19(2)16-23(26)21(4)28)24-17-20(3)12-14-25(24)29-18-22-10-8-7-9-11-22/h7-17,21,28,30H,6,18H2,1-5H3. The van der Waals surface area contributed by atoms with Gasteiger partial charge in [-0.05, 0) is 49.7 Å². The molecule has 3 unspecified atom stereocenters. The molecule has 0 amide bonds. The number of ether oxygens (including phenoxy) is 1. The van der Waals surface area contributed by atoms with Crippen molar-refractivity contribution >= 4 is 13.9 Å². The number of aliphatic hydroxyl groups excluding tert-OH is 1. The molecule has 0 saturated carbocycles. The van der Waals surface area contributed by atoms with Crippen LogP contribution in [-0.4, -0.2) is 5.11 Å². The van der Waals surface area contributed by atoms with E-state index in [4.69, 9.17) is 4.74 Å². The molecule has 3 rings (SSSR count). The van der Waals surface area contributed by atoms with Gasteiger partial charge in [0.2, 0.25) is 0 Å². The maximum Gasteiger partial charge on any atom is 0.123 e. The summed E-state index contributed by atoms with van der Waals surface area (Å²) in [7, 11) is 0.538. The normalized spacial score (nSPS) is 14.6. The van der Waals surface area contributed by atoms with Crippen LogP contribution in [0.25, 0.3) is 0 Å². The number of aryl methyl sites for hydroxylation is 2. The van der Waals surface area contributed by atoms with Crippen LogP contribution in [0.2, 0.25) is 0 Å². The lowest BCUT2D eigenvalue weighted by Gasteiger charge is -2.32. The number of hydrogen-bond donors (Lipinski definition) is 1. The minimum atomic E-state index is -0.472. The molecular weight excluding hydrogens is 387 g/mol. The molecule has 3 atom stereocenters. The molecule has 30 heavy (non-hydrogen) atoms. The first-order valence-corrected chi connectivity index (χ1v) is 11.7. The quantitative estimate of drug-likeness (QED) is 0.418. The predicted octanol–water partition coefficient (Wildman–Crippen LogP) is 6.56. The van der Waals surface area contributed by atoms with Crippen LogP contribution in [0.5, 0.6) is 5.75 Å². The molecule has 0 fully saturated rings. The van der Waals surface area contributed by atoms with Crippen molar-refractivity contribution < 1.29 is 9.84 Å². The van der Waals surface area contributed by atoms with Crippen molar-refractivity contribution in [1.29, 1.82) is 0 Å². The summed E-state index contributed by atoms with van der Waals surface area (Å²) < 4.78 is 6.32. The maximum absolute atomic E-state index is 10.4. The van der Waals surface area contributed by atoms with E-state index in [-0.39, 0.29) is 5.16 Å². The van der Waals surface area contributed by atoms with Crippen molar-refractivity contribution in [3.05, 3.63) is 94.5 Å². The Bertz CT molecular complexity index is 981. The molecule has 0 saturated heterocycles. The molecule has 3 aromatic rings. The second-order valence-corrected chi connectivity index (χ2v) is 10.2. The summed E-state index contributed by atoms with van der Waals surface area (Å²) in [6.45, 7) is 11.2. The fourth-order valence-corrected chi connectivity index (χ4v) is 5.41. The van der Waals surface area contributed by atoms with Gasteiger partial charge in [0.15, 0.2) is 0 Å². The third-order valence-electron chi connectivity index (χ3n) is 5.74. The van der Waals surface area contributed by atoms with Crippen LogP contribution in [0.3, 0.4) is 0 Å². The van der Waals surface area contributed by atoms with Gasteiger partial charge in [-0.1, -0.05) is 94.2 Å². The van der Waals surface area contributed by atoms with Crippen LogP contribution in [0.4, 0.5) is 0 Å². The van der Waals surface area contributed by atoms with E-state index in [0.717, 1.165) is 17.7 Å². The van der Waals surface area contributed by atoms with E-state index in [0.29, 0.717) is 15.2 Å². The van der Waals surface area contributed by atoms with Crippen LogP contribution in [-0.2, 0) is 11.8 Å². The summed E-state index contributed by atoms with van der Waals surface area (Å²) in [5, 5.41) is 11.5. The van der Waals surface area contributed by atoms with Gasteiger partial charge in [0.25, 0.3) is 0 Å². The Balaban J connectivity index is 1.96. The van der Waals surface area contributed by atoms with Crippen molar-refractivity contribution in [2.75, 3.05) is 0 Å². The highest BCUT2D eigenvalue weighted by molar-refractivity contribution is 7.48. The molecule has 1 N–H and O–H groups in total. The Hall–Kier alpha value is -2.15. The minimum Gasteiger partial charge on any atom is -0.489 e. The highest BCUT2D eigenvalue weighted by Gasteiger charge is 2.30. The molecular formula is C27H33O2P. The SMILES string of the molecule is CCC(C)(Pc1ccc(C)cc1C(C)O)c1cc(C)ccc1OCc1ccccc1.